The number of carbonyl (C=O) groups is 4. The number of epoxide rings is 1. The number of rotatable bonds is 27. The summed E-state index contributed by atoms with van der Waals surface area (Å²) >= 11 is 1.49. The standard InChI is InChI=1S/C36H59N3O9S/c1-25(2)21-28(32(40)36(5)24-48-36)37-34(42)30(23-45-7)39-33(41)29(22-26(3)4)38-35(43)31(14-13-27-11-9-8-10-12-27)49-20-19-47-18-17-46-16-15-44-6/h8-12,25-26,28-31H,13-24H2,1-7H3,(H,37,42)(H,38,43)(H,39,41)/t28-,29-,30-,31-,36+/m0/s1. The molecule has 3 N–H and O–H groups in total. The first-order valence-electron chi connectivity index (χ1n) is 17.3. The van der Waals surface area contributed by atoms with Crippen LogP contribution in [0.25, 0.3) is 0 Å². The number of ketones is 1. The minimum atomic E-state index is -1.07. The number of methoxy groups -OCH3 is 2. The first-order valence-corrected chi connectivity index (χ1v) is 18.3. The summed E-state index contributed by atoms with van der Waals surface area (Å²) in [6, 6.07) is 7.23. The predicted octanol–water partition coefficient (Wildman–Crippen LogP) is 2.95. The second-order valence-corrected chi connectivity index (χ2v) is 14.7. The molecular formula is C36H59N3O9S. The molecule has 0 unspecified atom stereocenters. The zero-order valence-electron chi connectivity index (χ0n) is 30.4. The molecule has 0 radical (unpaired) electrons. The Balaban J connectivity index is 2.08. The van der Waals surface area contributed by atoms with E-state index in [1.165, 1.54) is 18.9 Å². The number of amides is 3. The molecule has 0 saturated carbocycles. The summed E-state index contributed by atoms with van der Waals surface area (Å²) in [5.74, 6) is -0.673. The van der Waals surface area contributed by atoms with Gasteiger partial charge in [-0.25, -0.2) is 0 Å². The Hall–Kier alpha value is -2.55. The van der Waals surface area contributed by atoms with Gasteiger partial charge in [-0.1, -0.05) is 58.0 Å². The van der Waals surface area contributed by atoms with Crippen LogP contribution in [0.15, 0.2) is 30.3 Å². The Morgan fingerprint density at radius 1 is 0.776 bits per heavy atom. The van der Waals surface area contributed by atoms with Crippen LogP contribution in [0.2, 0.25) is 0 Å². The molecule has 278 valence electrons. The van der Waals surface area contributed by atoms with E-state index in [1.54, 1.807) is 14.0 Å². The molecule has 1 aromatic carbocycles. The highest BCUT2D eigenvalue weighted by Crippen LogP contribution is 2.29. The second-order valence-electron chi connectivity index (χ2n) is 13.4. The van der Waals surface area contributed by atoms with Crippen molar-refractivity contribution in [2.24, 2.45) is 11.8 Å². The van der Waals surface area contributed by atoms with Gasteiger partial charge in [-0.2, -0.15) is 0 Å². The number of ether oxygens (including phenoxy) is 5. The molecule has 1 aromatic rings. The van der Waals surface area contributed by atoms with E-state index in [0.717, 1.165) is 5.56 Å². The molecule has 0 aliphatic carbocycles. The van der Waals surface area contributed by atoms with E-state index in [4.69, 9.17) is 23.7 Å². The summed E-state index contributed by atoms with van der Waals surface area (Å²) in [5, 5.41) is 8.15. The highest BCUT2D eigenvalue weighted by Gasteiger charge is 2.50. The molecule has 0 bridgehead atoms. The number of nitrogens with one attached hydrogen (secondary N) is 3. The highest BCUT2D eigenvalue weighted by atomic mass is 32.2. The third-order valence-electron chi connectivity index (χ3n) is 7.93. The van der Waals surface area contributed by atoms with Crippen LogP contribution in [-0.2, 0) is 49.3 Å². The van der Waals surface area contributed by atoms with Crippen LogP contribution in [0.5, 0.6) is 0 Å². The molecule has 0 aromatic heterocycles. The molecule has 0 spiro atoms. The molecule has 5 atom stereocenters. The molecule has 1 aliphatic heterocycles. The van der Waals surface area contributed by atoms with Gasteiger partial charge in [-0.05, 0) is 50.0 Å². The van der Waals surface area contributed by atoms with Crippen molar-refractivity contribution in [3.05, 3.63) is 35.9 Å². The van der Waals surface area contributed by atoms with Crippen molar-refractivity contribution in [2.75, 3.05) is 66.2 Å². The van der Waals surface area contributed by atoms with E-state index in [2.05, 4.69) is 16.0 Å². The van der Waals surface area contributed by atoms with E-state index in [0.29, 0.717) is 71.1 Å². The maximum absolute atomic E-state index is 13.8. The number of aryl methyl sites for hydroxylation is 1. The first kappa shape index (κ1) is 42.6. The first-order chi connectivity index (χ1) is 23.4. The van der Waals surface area contributed by atoms with Gasteiger partial charge in [0.2, 0.25) is 17.7 Å². The van der Waals surface area contributed by atoms with Crippen LogP contribution in [0.1, 0.15) is 59.4 Å². The zero-order chi connectivity index (χ0) is 36.2. The van der Waals surface area contributed by atoms with Gasteiger partial charge in [-0.3, -0.25) is 19.2 Å². The van der Waals surface area contributed by atoms with E-state index in [1.807, 2.05) is 58.0 Å². The molecule has 3 amide bonds. The van der Waals surface area contributed by atoms with Crippen molar-refractivity contribution >= 4 is 35.3 Å². The third kappa shape index (κ3) is 16.8. The fourth-order valence-electron chi connectivity index (χ4n) is 5.13. The number of hydrogen-bond donors (Lipinski definition) is 3. The molecule has 49 heavy (non-hydrogen) atoms. The quantitative estimate of drug-likeness (QED) is 0.0918. The fourth-order valence-corrected chi connectivity index (χ4v) is 6.13. The van der Waals surface area contributed by atoms with Gasteiger partial charge >= 0.3 is 0 Å². The number of Topliss-reactive ketones (excluding diaryl/α,β-unsaturated/α-hetero) is 1. The fraction of sp³-hybridized carbons (Fsp3) is 0.722. The lowest BCUT2D eigenvalue weighted by Crippen LogP contribution is -2.58. The summed E-state index contributed by atoms with van der Waals surface area (Å²) in [5.41, 5.74) is 0.214. The summed E-state index contributed by atoms with van der Waals surface area (Å²) in [7, 11) is 3.05. The van der Waals surface area contributed by atoms with Gasteiger partial charge in [-0.15, -0.1) is 11.8 Å². The Morgan fingerprint density at radius 3 is 1.92 bits per heavy atom. The van der Waals surface area contributed by atoms with Gasteiger partial charge in [0.15, 0.2) is 5.78 Å². The van der Waals surface area contributed by atoms with Crippen molar-refractivity contribution < 1.29 is 42.9 Å². The largest absolute Gasteiger partial charge is 0.382 e. The van der Waals surface area contributed by atoms with E-state index in [-0.39, 0.29) is 30.1 Å². The molecule has 13 heteroatoms. The van der Waals surface area contributed by atoms with Crippen molar-refractivity contribution in [2.45, 2.75) is 89.3 Å². The lowest BCUT2D eigenvalue weighted by Gasteiger charge is -2.27. The third-order valence-corrected chi connectivity index (χ3v) is 9.18. The Morgan fingerprint density at radius 2 is 1.33 bits per heavy atom. The monoisotopic (exact) mass is 709 g/mol. The topological polar surface area (TPSA) is 154 Å². The predicted molar refractivity (Wildman–Crippen MR) is 190 cm³/mol. The van der Waals surface area contributed by atoms with Crippen LogP contribution in [0.3, 0.4) is 0 Å². The molecule has 1 aliphatic rings. The van der Waals surface area contributed by atoms with Crippen molar-refractivity contribution in [3.63, 3.8) is 0 Å². The van der Waals surface area contributed by atoms with Gasteiger partial charge in [0.1, 0.15) is 17.7 Å². The maximum atomic E-state index is 13.8. The number of carbonyl (C=O) groups excluding carboxylic acids is 4. The van der Waals surface area contributed by atoms with Crippen LogP contribution in [-0.4, -0.2) is 119 Å². The molecule has 12 nitrogen and oxygen atoms in total. The summed E-state index contributed by atoms with van der Waals surface area (Å²) < 4.78 is 26.7. The smallest absolute Gasteiger partial charge is 0.245 e. The number of thioether (sulfide) groups is 1. The Kier molecular flexibility index (Phi) is 20.0. The highest BCUT2D eigenvalue weighted by molar-refractivity contribution is 8.00. The average molecular weight is 710 g/mol. The van der Waals surface area contributed by atoms with Crippen LogP contribution in [0.4, 0.5) is 0 Å². The van der Waals surface area contributed by atoms with Gasteiger partial charge in [0.25, 0.3) is 0 Å². The van der Waals surface area contributed by atoms with E-state index in [9.17, 15) is 19.2 Å². The molecule has 2 rings (SSSR count). The minimum Gasteiger partial charge on any atom is -0.382 e. The number of benzene rings is 1. The van der Waals surface area contributed by atoms with E-state index < -0.39 is 40.8 Å². The number of hydrogen-bond acceptors (Lipinski definition) is 10. The zero-order valence-corrected chi connectivity index (χ0v) is 31.2. The SMILES string of the molecule is COCCOCCOCCS[C@@H](CCc1ccccc1)C(=O)N[C@@H](CC(C)C)C(=O)N[C@@H](COC)C(=O)N[C@@H](CC(C)C)C(=O)[C@@]1(C)CO1. The Labute approximate surface area is 296 Å². The summed E-state index contributed by atoms with van der Waals surface area (Å²) in [6.45, 7) is 12.2. The lowest BCUT2D eigenvalue weighted by molar-refractivity contribution is -0.135. The van der Waals surface area contributed by atoms with Crippen LogP contribution >= 0.6 is 11.8 Å². The van der Waals surface area contributed by atoms with Crippen LogP contribution < -0.4 is 16.0 Å². The van der Waals surface area contributed by atoms with Crippen molar-refractivity contribution in [1.29, 1.82) is 0 Å². The van der Waals surface area contributed by atoms with Crippen molar-refractivity contribution in [3.8, 4) is 0 Å². The maximum Gasteiger partial charge on any atom is 0.245 e. The van der Waals surface area contributed by atoms with E-state index >= 15 is 0 Å². The molecule has 1 heterocycles. The molecular weight excluding hydrogens is 650 g/mol. The Bertz CT molecular complexity index is 1130. The summed E-state index contributed by atoms with van der Waals surface area (Å²) in [6.07, 6.45) is 2.06. The van der Waals surface area contributed by atoms with Crippen molar-refractivity contribution in [1.82, 2.24) is 16.0 Å². The normalized spacial score (nSPS) is 18.1. The molecule has 1 saturated heterocycles. The van der Waals surface area contributed by atoms with Crippen LogP contribution in [0, 0.1) is 11.8 Å². The summed E-state index contributed by atoms with van der Waals surface area (Å²) in [4.78, 5) is 54.0. The van der Waals surface area contributed by atoms with Gasteiger partial charge in [0.05, 0.1) is 57.5 Å². The lowest BCUT2D eigenvalue weighted by atomic mass is 9.93. The minimum absolute atomic E-state index is 0.0769. The van der Waals surface area contributed by atoms with Gasteiger partial charge < -0.3 is 39.6 Å². The average Bonchev–Trinajstić information content (AvgIpc) is 3.82. The molecule has 1 fully saturated rings. The second kappa shape index (κ2) is 23.0. The van der Waals surface area contributed by atoms with Gasteiger partial charge in [0, 0.05) is 20.0 Å².